The van der Waals surface area contributed by atoms with E-state index in [1.54, 1.807) is 0 Å². The summed E-state index contributed by atoms with van der Waals surface area (Å²) in [4.78, 5) is 0. The average molecular weight is 889 g/mol. The summed E-state index contributed by atoms with van der Waals surface area (Å²) in [6, 6.07) is 10.9. The van der Waals surface area contributed by atoms with Gasteiger partial charge >= 0.3 is 21.1 Å². The van der Waals surface area contributed by atoms with Gasteiger partial charge in [0.25, 0.3) is 0 Å². The number of aryl methyl sites for hydroxylation is 4. The average Bonchev–Trinajstić information content (AvgIpc) is 2.82. The molecule has 0 saturated carbocycles. The van der Waals surface area contributed by atoms with Gasteiger partial charge in [-0.15, -0.1) is 6.92 Å². The molecule has 0 N–H and O–H groups in total. The molecule has 0 spiro atoms. The fourth-order valence-electron chi connectivity index (χ4n) is 4.50. The van der Waals surface area contributed by atoms with E-state index < -0.39 is 11.6 Å². The number of halogens is 2. The fraction of sp³-hybridized carbons (Fsp3) is 0.343. The van der Waals surface area contributed by atoms with E-state index in [-0.39, 0.29) is 69.3 Å². The summed E-state index contributed by atoms with van der Waals surface area (Å²) in [5, 5.41) is 0. The van der Waals surface area contributed by atoms with Crippen LogP contribution in [0.2, 0.25) is 0 Å². The largest absolute Gasteiger partial charge is 2.00 e. The Morgan fingerprint density at radius 1 is 0.750 bits per heavy atom. The maximum Gasteiger partial charge on any atom is 2.00 e. The molecule has 0 aliphatic carbocycles. The van der Waals surface area contributed by atoms with E-state index in [1.165, 1.54) is 28.8 Å². The minimum Gasteiger partial charge on any atom is -0.483 e. The molecule has 0 unspecified atom stereocenters. The molecule has 3 aromatic carbocycles. The monoisotopic (exact) mass is 889 g/mol. The van der Waals surface area contributed by atoms with Crippen molar-refractivity contribution in [3.05, 3.63) is 123 Å². The predicted octanol–water partition coefficient (Wildman–Crippen LogP) is 10.1. The summed E-state index contributed by atoms with van der Waals surface area (Å²) in [5.41, 5.74) is 9.13. The molecule has 0 aliphatic rings. The molecule has 0 atom stereocenters. The van der Waals surface area contributed by atoms with Crippen molar-refractivity contribution >= 4 is 0 Å². The van der Waals surface area contributed by atoms with Crippen LogP contribution in [0, 0.1) is 60.1 Å². The van der Waals surface area contributed by atoms with Crippen molar-refractivity contribution in [1.82, 2.24) is 0 Å². The molecular weight excluding hydrogens is 842 g/mol. The number of benzene rings is 3. The molecule has 0 heterocycles. The summed E-state index contributed by atoms with van der Waals surface area (Å²) < 4.78 is 35.7. The summed E-state index contributed by atoms with van der Waals surface area (Å²) in [5.74, 6) is -1.35. The summed E-state index contributed by atoms with van der Waals surface area (Å²) in [6.45, 7) is 23.6. The molecule has 0 amide bonds. The Hall–Kier alpha value is -1.43. The van der Waals surface area contributed by atoms with Gasteiger partial charge in [-0.05, 0) is 78.1 Å². The van der Waals surface area contributed by atoms with Crippen LogP contribution in [0.15, 0.2) is 36.4 Å². The Labute approximate surface area is 273 Å². The quantitative estimate of drug-likeness (QED) is 0.205. The van der Waals surface area contributed by atoms with Crippen molar-refractivity contribution in [2.24, 2.45) is 5.92 Å². The Morgan fingerprint density at radius 2 is 1.12 bits per heavy atom. The van der Waals surface area contributed by atoms with Crippen LogP contribution >= 0.6 is 0 Å². The molecular formula is C35H47F2OW2-3. The van der Waals surface area contributed by atoms with Gasteiger partial charge in [0.05, 0.1) is 0 Å². The maximum absolute atomic E-state index is 15.0. The molecule has 0 fully saturated rings. The first-order valence-electron chi connectivity index (χ1n) is 12.9. The first kappa shape index (κ1) is 43.0. The molecule has 0 bridgehead atoms. The second-order valence-electron chi connectivity index (χ2n) is 9.41. The van der Waals surface area contributed by atoms with Crippen molar-refractivity contribution < 1.29 is 55.6 Å². The van der Waals surface area contributed by atoms with Gasteiger partial charge in [-0.25, -0.2) is 8.78 Å². The van der Waals surface area contributed by atoms with E-state index in [1.807, 2.05) is 32.9 Å². The van der Waals surface area contributed by atoms with Gasteiger partial charge in [0.1, 0.15) is 6.61 Å². The van der Waals surface area contributed by atoms with E-state index in [0.29, 0.717) is 11.5 Å². The second kappa shape index (κ2) is 20.4. The van der Waals surface area contributed by atoms with Crippen LogP contribution in [0.1, 0.15) is 73.6 Å². The topological polar surface area (TPSA) is 9.23 Å². The smallest absolute Gasteiger partial charge is 0.483 e. The first-order valence-corrected chi connectivity index (χ1v) is 12.9. The zero-order chi connectivity index (χ0) is 27.0. The van der Waals surface area contributed by atoms with Gasteiger partial charge in [0, 0.05) is 21.1 Å². The van der Waals surface area contributed by atoms with Gasteiger partial charge in [-0.2, -0.15) is 24.6 Å². The Balaban J connectivity index is -0.00000160. The standard InChI is InChI=1S/C29H33F2O.C4H8.2CH3.2W/c1-7-21-13-20(14-22(8-2)19(21)6)17-32-29-26(30)15-25(16-27(29)31)28-23(9-3)11-18(5)12-24(28)10-4;1-4(2)3;;;;/h11-16H,5,7-10,17H2,1-4,6H3;4H,1-2H2,3H3;2*1H3;;/q-1;-2;2*-1;;+2. The van der Waals surface area contributed by atoms with Gasteiger partial charge in [0.2, 0.25) is 0 Å². The van der Waals surface area contributed by atoms with Crippen LogP contribution in [-0.2, 0) is 74.4 Å². The molecule has 40 heavy (non-hydrogen) atoms. The van der Waals surface area contributed by atoms with Crippen LogP contribution in [0.5, 0.6) is 5.75 Å². The fourth-order valence-corrected chi connectivity index (χ4v) is 4.50. The molecule has 0 aromatic heterocycles. The van der Waals surface area contributed by atoms with Crippen LogP contribution in [0.4, 0.5) is 8.78 Å². The van der Waals surface area contributed by atoms with E-state index in [2.05, 4.69) is 53.7 Å². The SMILES string of the molecule is [CH2-]C([CH2-])C.[CH2-]c1cc(CC)c(-c2cc(F)c(OCc3cc(CC)c(C)c(CC)c3)c(F)c2)c(CC)c1.[CH3-].[CH3-].[W+2].[W]. The number of hydrogen-bond donors (Lipinski definition) is 0. The van der Waals surface area contributed by atoms with E-state index >= 15 is 8.78 Å². The van der Waals surface area contributed by atoms with Crippen molar-refractivity contribution in [3.63, 3.8) is 0 Å². The molecule has 0 aliphatic heterocycles. The van der Waals surface area contributed by atoms with Crippen molar-refractivity contribution in [3.8, 4) is 16.9 Å². The zero-order valence-electron chi connectivity index (χ0n) is 25.7. The Bertz CT molecular complexity index is 1100. The third-order valence-electron chi connectivity index (χ3n) is 6.24. The van der Waals surface area contributed by atoms with Gasteiger partial charge in [-0.1, -0.05) is 51.0 Å². The van der Waals surface area contributed by atoms with E-state index in [9.17, 15) is 0 Å². The molecule has 0 radical (unpaired) electrons. The normalized spacial score (nSPS) is 9.78. The van der Waals surface area contributed by atoms with E-state index in [4.69, 9.17) is 4.74 Å². The third kappa shape index (κ3) is 11.4. The molecule has 5 heteroatoms. The van der Waals surface area contributed by atoms with Crippen LogP contribution in [-0.4, -0.2) is 0 Å². The minimum atomic E-state index is -0.679. The molecule has 3 aromatic rings. The minimum absolute atomic E-state index is 0. The van der Waals surface area contributed by atoms with Crippen LogP contribution in [0.3, 0.4) is 0 Å². The Morgan fingerprint density at radius 3 is 1.48 bits per heavy atom. The van der Waals surface area contributed by atoms with Gasteiger partial charge < -0.3 is 39.4 Å². The second-order valence-corrected chi connectivity index (χ2v) is 9.41. The van der Waals surface area contributed by atoms with Crippen molar-refractivity contribution in [2.75, 3.05) is 0 Å². The summed E-state index contributed by atoms with van der Waals surface area (Å²) >= 11 is 0. The van der Waals surface area contributed by atoms with Gasteiger partial charge in [-0.3, -0.25) is 0 Å². The molecule has 222 valence electrons. The number of rotatable bonds is 8. The third-order valence-corrected chi connectivity index (χ3v) is 6.24. The number of ether oxygens (including phenoxy) is 1. The molecule has 3 rings (SSSR count). The van der Waals surface area contributed by atoms with Crippen molar-refractivity contribution in [1.29, 1.82) is 0 Å². The zero-order valence-corrected chi connectivity index (χ0v) is 31.5. The maximum atomic E-state index is 15.0. The van der Waals surface area contributed by atoms with Crippen LogP contribution < -0.4 is 4.74 Å². The summed E-state index contributed by atoms with van der Waals surface area (Å²) in [7, 11) is 0. The van der Waals surface area contributed by atoms with Gasteiger partial charge in [0.15, 0.2) is 17.4 Å². The van der Waals surface area contributed by atoms with Crippen LogP contribution in [0.25, 0.3) is 11.1 Å². The van der Waals surface area contributed by atoms with E-state index in [0.717, 1.165) is 53.5 Å². The first-order chi connectivity index (χ1) is 17.1. The number of hydrogen-bond acceptors (Lipinski definition) is 1. The summed E-state index contributed by atoms with van der Waals surface area (Å²) in [6.07, 6.45) is 3.35. The Kier molecular flexibility index (Phi) is 22.0. The predicted molar refractivity (Wildman–Crippen MR) is 162 cm³/mol. The van der Waals surface area contributed by atoms with Crippen molar-refractivity contribution in [2.45, 2.75) is 73.8 Å². The molecule has 1 nitrogen and oxygen atoms in total. The molecule has 0 saturated heterocycles.